The van der Waals surface area contributed by atoms with E-state index in [2.05, 4.69) is 42.2 Å². The number of hydrogen-bond donors (Lipinski definition) is 2. The molecule has 8 heteroatoms. The van der Waals surface area contributed by atoms with Crippen molar-refractivity contribution in [3.8, 4) is 0 Å². The predicted octanol–water partition coefficient (Wildman–Crippen LogP) is 3.84. The number of nitrogen functional groups attached to an aromatic ring is 1. The molecule has 1 heterocycles. The molecule has 0 aliphatic rings. The van der Waals surface area contributed by atoms with E-state index in [9.17, 15) is 10.1 Å². The molecule has 0 bridgehead atoms. The molecule has 0 atom stereocenters. The monoisotopic (exact) mass is 386 g/mol. The molecule has 0 aliphatic heterocycles. The van der Waals surface area contributed by atoms with Crippen LogP contribution in [0.3, 0.4) is 0 Å². The lowest BCUT2D eigenvalue weighted by Crippen LogP contribution is -2.02. The van der Waals surface area contributed by atoms with Crippen LogP contribution in [0.2, 0.25) is 0 Å². The molecule has 0 saturated carbocycles. The van der Waals surface area contributed by atoms with E-state index >= 15 is 0 Å². The van der Waals surface area contributed by atoms with E-state index in [1.807, 2.05) is 12.1 Å². The second kappa shape index (κ2) is 5.54. The van der Waals surface area contributed by atoms with Crippen molar-refractivity contribution in [2.45, 2.75) is 0 Å². The fourth-order valence-electron chi connectivity index (χ4n) is 1.42. The van der Waals surface area contributed by atoms with Crippen molar-refractivity contribution in [2.75, 3.05) is 11.1 Å². The minimum atomic E-state index is -0.512. The molecule has 0 amide bonds. The van der Waals surface area contributed by atoms with Crippen LogP contribution in [0.15, 0.2) is 39.3 Å². The topological polar surface area (TPSA) is 94.1 Å². The summed E-state index contributed by atoms with van der Waals surface area (Å²) < 4.78 is 1.64. The summed E-state index contributed by atoms with van der Waals surface area (Å²) in [5.41, 5.74) is 6.07. The number of nitrogens with one attached hydrogen (secondary N) is 1. The first-order valence-corrected chi connectivity index (χ1v) is 6.69. The normalized spacial score (nSPS) is 10.2. The lowest BCUT2D eigenvalue weighted by Gasteiger charge is -2.09. The van der Waals surface area contributed by atoms with Gasteiger partial charge in [0.1, 0.15) is 5.82 Å². The van der Waals surface area contributed by atoms with Crippen LogP contribution in [0.25, 0.3) is 0 Å². The van der Waals surface area contributed by atoms with Crippen LogP contribution < -0.4 is 11.1 Å². The highest BCUT2D eigenvalue weighted by molar-refractivity contribution is 9.11. The molecule has 1 aromatic carbocycles. The van der Waals surface area contributed by atoms with Gasteiger partial charge in [-0.2, -0.15) is 0 Å². The molecule has 2 aromatic rings. The molecule has 98 valence electrons. The summed E-state index contributed by atoms with van der Waals surface area (Å²) in [5, 5.41) is 13.8. The van der Waals surface area contributed by atoms with Gasteiger partial charge in [0.15, 0.2) is 0 Å². The van der Waals surface area contributed by atoms with Gasteiger partial charge in [-0.15, -0.1) is 0 Å². The van der Waals surface area contributed by atoms with Crippen LogP contribution in [0.4, 0.5) is 23.0 Å². The molecule has 0 unspecified atom stereocenters. The Bertz CT molecular complexity index is 649. The molecule has 2 rings (SSSR count). The maximum Gasteiger partial charge on any atom is 0.311 e. The largest absolute Gasteiger partial charge is 0.384 e. The van der Waals surface area contributed by atoms with E-state index in [1.54, 1.807) is 6.07 Å². The Balaban J connectivity index is 2.42. The zero-order chi connectivity index (χ0) is 14.0. The second-order valence-corrected chi connectivity index (χ2v) is 5.38. The Morgan fingerprint density at radius 1 is 1.26 bits per heavy atom. The number of aromatic nitrogens is 1. The van der Waals surface area contributed by atoms with Crippen LogP contribution in [-0.2, 0) is 0 Å². The molecule has 1 aromatic heterocycles. The van der Waals surface area contributed by atoms with Gasteiger partial charge in [-0.25, -0.2) is 4.98 Å². The summed E-state index contributed by atoms with van der Waals surface area (Å²) in [7, 11) is 0. The highest BCUT2D eigenvalue weighted by Crippen LogP contribution is 2.32. The number of nitrogens with zero attached hydrogens (tertiary/aromatic N) is 2. The summed E-state index contributed by atoms with van der Waals surface area (Å²) >= 11 is 6.69. The molecular formula is C11H8Br2N4O2. The summed E-state index contributed by atoms with van der Waals surface area (Å²) in [6.07, 6.45) is 0. The highest BCUT2D eigenvalue weighted by Gasteiger charge is 2.16. The highest BCUT2D eigenvalue weighted by atomic mass is 79.9. The lowest BCUT2D eigenvalue weighted by atomic mass is 10.3. The SMILES string of the molecule is Nc1ccc([N+](=O)[O-])c(Nc2ccc(Br)cc2Br)n1. The predicted molar refractivity (Wildman–Crippen MR) is 80.4 cm³/mol. The Labute approximate surface area is 125 Å². The first-order chi connectivity index (χ1) is 8.97. The number of rotatable bonds is 3. The number of anilines is 3. The summed E-state index contributed by atoms with van der Waals surface area (Å²) in [5.74, 6) is 0.314. The van der Waals surface area contributed by atoms with Gasteiger partial charge in [0.05, 0.1) is 10.6 Å². The van der Waals surface area contributed by atoms with E-state index in [-0.39, 0.29) is 17.3 Å². The fraction of sp³-hybridized carbons (Fsp3) is 0. The fourth-order valence-corrected chi connectivity index (χ4v) is 2.57. The molecule has 6 nitrogen and oxygen atoms in total. The van der Waals surface area contributed by atoms with Gasteiger partial charge in [-0.3, -0.25) is 10.1 Å². The Morgan fingerprint density at radius 3 is 2.63 bits per heavy atom. The van der Waals surface area contributed by atoms with Crippen molar-refractivity contribution in [1.29, 1.82) is 0 Å². The number of nitrogens with two attached hydrogens (primary N) is 1. The van der Waals surface area contributed by atoms with Gasteiger partial charge >= 0.3 is 5.69 Å². The van der Waals surface area contributed by atoms with Gasteiger partial charge in [0.2, 0.25) is 5.82 Å². The summed E-state index contributed by atoms with van der Waals surface area (Å²) in [4.78, 5) is 14.4. The Morgan fingerprint density at radius 2 is 2.00 bits per heavy atom. The van der Waals surface area contributed by atoms with E-state index in [1.165, 1.54) is 12.1 Å². The van der Waals surface area contributed by atoms with Gasteiger partial charge < -0.3 is 11.1 Å². The number of halogens is 2. The van der Waals surface area contributed by atoms with Crippen LogP contribution in [0.1, 0.15) is 0 Å². The van der Waals surface area contributed by atoms with Crippen molar-refractivity contribution < 1.29 is 4.92 Å². The zero-order valence-electron chi connectivity index (χ0n) is 9.43. The minimum Gasteiger partial charge on any atom is -0.384 e. The van der Waals surface area contributed by atoms with E-state index < -0.39 is 4.92 Å². The zero-order valence-corrected chi connectivity index (χ0v) is 12.6. The van der Waals surface area contributed by atoms with E-state index in [0.29, 0.717) is 5.69 Å². The summed E-state index contributed by atoms with van der Waals surface area (Å²) in [6.45, 7) is 0. The average molecular weight is 388 g/mol. The molecule has 0 saturated heterocycles. The molecule has 3 N–H and O–H groups in total. The van der Waals surface area contributed by atoms with Gasteiger partial charge in [0.25, 0.3) is 0 Å². The maximum absolute atomic E-state index is 10.9. The van der Waals surface area contributed by atoms with Crippen molar-refractivity contribution in [2.24, 2.45) is 0 Å². The molecular weight excluding hydrogens is 380 g/mol. The molecule has 19 heavy (non-hydrogen) atoms. The third kappa shape index (κ3) is 3.21. The van der Waals surface area contributed by atoms with Crippen molar-refractivity contribution in [1.82, 2.24) is 4.98 Å². The lowest BCUT2D eigenvalue weighted by molar-refractivity contribution is -0.384. The van der Waals surface area contributed by atoms with Crippen LogP contribution >= 0.6 is 31.9 Å². The molecule has 0 fully saturated rings. The van der Waals surface area contributed by atoms with Gasteiger partial charge in [0, 0.05) is 15.0 Å². The molecule has 0 aliphatic carbocycles. The van der Waals surface area contributed by atoms with Crippen LogP contribution in [0.5, 0.6) is 0 Å². The van der Waals surface area contributed by atoms with E-state index in [0.717, 1.165) is 8.95 Å². The standard InChI is InChI=1S/C11H8Br2N4O2/c12-6-1-2-8(7(13)5-6)15-11-9(17(18)19)3-4-10(14)16-11/h1-5H,(H3,14,15,16). The first-order valence-electron chi connectivity index (χ1n) is 5.10. The smallest absolute Gasteiger partial charge is 0.311 e. The third-order valence-corrected chi connectivity index (χ3v) is 3.43. The molecule has 0 spiro atoms. The number of benzene rings is 1. The van der Waals surface area contributed by atoms with Gasteiger partial charge in [-0.05, 0) is 40.2 Å². The van der Waals surface area contributed by atoms with Crippen LogP contribution in [0, 0.1) is 10.1 Å². The maximum atomic E-state index is 10.9. The first kappa shape index (κ1) is 13.8. The number of nitro groups is 1. The average Bonchev–Trinajstić information content (AvgIpc) is 2.32. The quantitative estimate of drug-likeness (QED) is 0.616. The van der Waals surface area contributed by atoms with Crippen molar-refractivity contribution in [3.63, 3.8) is 0 Å². The summed E-state index contributed by atoms with van der Waals surface area (Å²) in [6, 6.07) is 8.10. The van der Waals surface area contributed by atoms with Crippen LogP contribution in [-0.4, -0.2) is 9.91 Å². The number of pyridine rings is 1. The third-order valence-electron chi connectivity index (χ3n) is 2.28. The number of hydrogen-bond acceptors (Lipinski definition) is 5. The van der Waals surface area contributed by atoms with Gasteiger partial charge in [-0.1, -0.05) is 15.9 Å². The second-order valence-electron chi connectivity index (χ2n) is 3.61. The van der Waals surface area contributed by atoms with Crippen molar-refractivity contribution in [3.05, 3.63) is 49.4 Å². The minimum absolute atomic E-state index is 0.105. The van der Waals surface area contributed by atoms with E-state index in [4.69, 9.17) is 5.73 Å². The van der Waals surface area contributed by atoms with Crippen molar-refractivity contribution >= 4 is 54.9 Å². The Kier molecular flexibility index (Phi) is 4.01. The Hall–Kier alpha value is -1.67. The molecule has 0 radical (unpaired) electrons.